The topological polar surface area (TPSA) is 52.3 Å². The SMILES string of the molecule is COC(=O)[C@H](N)c1cc(C)cc(C)c1. The Bertz CT molecular complexity index is 327. The van der Waals surface area contributed by atoms with Gasteiger partial charge in [-0.2, -0.15) is 0 Å². The number of rotatable bonds is 2. The summed E-state index contributed by atoms with van der Waals surface area (Å²) < 4.78 is 4.58. The molecule has 0 aromatic heterocycles. The molecule has 1 aromatic rings. The van der Waals surface area contributed by atoms with Crippen molar-refractivity contribution in [2.45, 2.75) is 19.9 Å². The summed E-state index contributed by atoms with van der Waals surface area (Å²) in [5.74, 6) is -0.407. The molecule has 1 atom stereocenters. The molecule has 0 aliphatic heterocycles. The molecule has 1 rings (SSSR count). The Morgan fingerprint density at radius 1 is 1.29 bits per heavy atom. The van der Waals surface area contributed by atoms with Gasteiger partial charge in [0, 0.05) is 0 Å². The van der Waals surface area contributed by atoms with Gasteiger partial charge in [-0.05, 0) is 19.4 Å². The highest BCUT2D eigenvalue weighted by molar-refractivity contribution is 5.77. The number of hydrogen-bond acceptors (Lipinski definition) is 3. The van der Waals surface area contributed by atoms with Gasteiger partial charge in [0.2, 0.25) is 0 Å². The second-order valence-electron chi connectivity index (χ2n) is 3.42. The number of carbonyl (C=O) groups is 1. The van der Waals surface area contributed by atoms with Crippen LogP contribution in [0.4, 0.5) is 0 Å². The Balaban J connectivity index is 3.00. The molecule has 2 N–H and O–H groups in total. The van der Waals surface area contributed by atoms with Crippen LogP contribution < -0.4 is 5.73 Å². The summed E-state index contributed by atoms with van der Waals surface area (Å²) in [7, 11) is 1.34. The Morgan fingerprint density at radius 3 is 2.21 bits per heavy atom. The number of hydrogen-bond donors (Lipinski definition) is 1. The largest absolute Gasteiger partial charge is 0.468 e. The minimum Gasteiger partial charge on any atom is -0.468 e. The highest BCUT2D eigenvalue weighted by Gasteiger charge is 2.16. The summed E-state index contributed by atoms with van der Waals surface area (Å²) in [6.45, 7) is 3.95. The maximum atomic E-state index is 11.2. The van der Waals surface area contributed by atoms with Gasteiger partial charge in [0.25, 0.3) is 0 Å². The number of methoxy groups -OCH3 is 1. The molecular formula is C11H15NO2. The lowest BCUT2D eigenvalue weighted by molar-refractivity contribution is -0.142. The van der Waals surface area contributed by atoms with E-state index in [2.05, 4.69) is 4.74 Å². The van der Waals surface area contributed by atoms with Gasteiger partial charge in [0.05, 0.1) is 7.11 Å². The van der Waals surface area contributed by atoms with E-state index in [1.807, 2.05) is 32.0 Å². The lowest BCUT2D eigenvalue weighted by atomic mass is 10.0. The molecule has 0 amide bonds. The highest BCUT2D eigenvalue weighted by Crippen LogP contribution is 2.15. The van der Waals surface area contributed by atoms with E-state index in [0.29, 0.717) is 0 Å². The van der Waals surface area contributed by atoms with Crippen molar-refractivity contribution in [2.24, 2.45) is 5.73 Å². The fraction of sp³-hybridized carbons (Fsp3) is 0.364. The van der Waals surface area contributed by atoms with Crippen molar-refractivity contribution in [1.82, 2.24) is 0 Å². The van der Waals surface area contributed by atoms with E-state index in [9.17, 15) is 4.79 Å². The molecule has 1 aromatic carbocycles. The molecule has 3 nitrogen and oxygen atoms in total. The minimum atomic E-state index is -0.682. The molecule has 0 spiro atoms. The van der Waals surface area contributed by atoms with Crippen molar-refractivity contribution in [1.29, 1.82) is 0 Å². The second kappa shape index (κ2) is 4.24. The molecule has 0 bridgehead atoms. The highest BCUT2D eigenvalue weighted by atomic mass is 16.5. The van der Waals surface area contributed by atoms with Gasteiger partial charge in [-0.15, -0.1) is 0 Å². The van der Waals surface area contributed by atoms with E-state index < -0.39 is 12.0 Å². The zero-order valence-electron chi connectivity index (χ0n) is 8.70. The van der Waals surface area contributed by atoms with Crippen LogP contribution in [0.2, 0.25) is 0 Å². The number of esters is 1. The molecule has 0 radical (unpaired) electrons. The van der Waals surface area contributed by atoms with Gasteiger partial charge in [-0.25, -0.2) is 0 Å². The third kappa shape index (κ3) is 2.33. The molecule has 76 valence electrons. The Kier molecular flexibility index (Phi) is 3.25. The van der Waals surface area contributed by atoms with E-state index in [4.69, 9.17) is 5.73 Å². The van der Waals surface area contributed by atoms with Crippen LogP contribution in [-0.4, -0.2) is 13.1 Å². The number of benzene rings is 1. The predicted molar refractivity (Wildman–Crippen MR) is 54.9 cm³/mol. The monoisotopic (exact) mass is 193 g/mol. The smallest absolute Gasteiger partial charge is 0.327 e. The van der Waals surface area contributed by atoms with Gasteiger partial charge in [0.1, 0.15) is 6.04 Å². The first-order chi connectivity index (χ1) is 6.54. The van der Waals surface area contributed by atoms with Crippen LogP contribution in [0.3, 0.4) is 0 Å². The van der Waals surface area contributed by atoms with E-state index in [0.717, 1.165) is 16.7 Å². The molecule has 3 heteroatoms. The molecule has 0 saturated carbocycles. The maximum Gasteiger partial charge on any atom is 0.327 e. The summed E-state index contributed by atoms with van der Waals surface area (Å²) in [4.78, 5) is 11.2. The quantitative estimate of drug-likeness (QED) is 0.724. The first-order valence-electron chi connectivity index (χ1n) is 4.46. The summed E-state index contributed by atoms with van der Waals surface area (Å²) in [5, 5.41) is 0. The van der Waals surface area contributed by atoms with Gasteiger partial charge in [-0.1, -0.05) is 29.3 Å². The van der Waals surface area contributed by atoms with Crippen molar-refractivity contribution < 1.29 is 9.53 Å². The molecular weight excluding hydrogens is 178 g/mol. The lowest BCUT2D eigenvalue weighted by Gasteiger charge is -2.11. The van der Waals surface area contributed by atoms with E-state index in [1.165, 1.54) is 7.11 Å². The van der Waals surface area contributed by atoms with Crippen molar-refractivity contribution in [3.8, 4) is 0 Å². The van der Waals surface area contributed by atoms with Crippen LogP contribution in [0.5, 0.6) is 0 Å². The Hall–Kier alpha value is -1.35. The Morgan fingerprint density at radius 2 is 1.79 bits per heavy atom. The first kappa shape index (κ1) is 10.7. The average molecular weight is 193 g/mol. The van der Waals surface area contributed by atoms with Crippen molar-refractivity contribution in [2.75, 3.05) is 7.11 Å². The van der Waals surface area contributed by atoms with Gasteiger partial charge >= 0.3 is 5.97 Å². The number of aryl methyl sites for hydroxylation is 2. The summed E-state index contributed by atoms with van der Waals surface area (Å²) in [6, 6.07) is 5.15. The van der Waals surface area contributed by atoms with Crippen LogP contribution in [-0.2, 0) is 9.53 Å². The molecule has 14 heavy (non-hydrogen) atoms. The van der Waals surface area contributed by atoms with E-state index in [1.54, 1.807) is 0 Å². The fourth-order valence-electron chi connectivity index (χ4n) is 1.45. The summed E-state index contributed by atoms with van der Waals surface area (Å²) in [5.41, 5.74) is 8.71. The van der Waals surface area contributed by atoms with E-state index >= 15 is 0 Å². The zero-order chi connectivity index (χ0) is 10.7. The number of ether oxygens (including phenoxy) is 1. The zero-order valence-corrected chi connectivity index (χ0v) is 8.70. The fourth-order valence-corrected chi connectivity index (χ4v) is 1.45. The predicted octanol–water partition coefficient (Wildman–Crippen LogP) is 1.48. The average Bonchev–Trinajstić information content (AvgIpc) is 2.14. The van der Waals surface area contributed by atoms with E-state index in [-0.39, 0.29) is 0 Å². The standard InChI is InChI=1S/C11H15NO2/c1-7-4-8(2)6-9(5-7)10(12)11(13)14-3/h4-6,10H,12H2,1-3H3/t10-/m1/s1. The third-order valence-electron chi connectivity index (χ3n) is 2.06. The van der Waals surface area contributed by atoms with Gasteiger partial charge in [-0.3, -0.25) is 4.79 Å². The molecule has 0 saturated heterocycles. The number of carbonyl (C=O) groups excluding carboxylic acids is 1. The molecule has 0 fully saturated rings. The van der Waals surface area contributed by atoms with Crippen molar-refractivity contribution >= 4 is 5.97 Å². The molecule has 0 heterocycles. The summed E-state index contributed by atoms with van der Waals surface area (Å²) in [6.07, 6.45) is 0. The van der Waals surface area contributed by atoms with Crippen LogP contribution in [0.1, 0.15) is 22.7 Å². The number of nitrogens with two attached hydrogens (primary N) is 1. The lowest BCUT2D eigenvalue weighted by Crippen LogP contribution is -2.22. The molecule has 0 aliphatic carbocycles. The molecule has 0 unspecified atom stereocenters. The van der Waals surface area contributed by atoms with Crippen LogP contribution >= 0.6 is 0 Å². The second-order valence-corrected chi connectivity index (χ2v) is 3.42. The van der Waals surface area contributed by atoms with Crippen molar-refractivity contribution in [3.05, 3.63) is 34.9 Å². The van der Waals surface area contributed by atoms with Crippen LogP contribution in [0.15, 0.2) is 18.2 Å². The van der Waals surface area contributed by atoms with Crippen LogP contribution in [0.25, 0.3) is 0 Å². The normalized spacial score (nSPS) is 12.3. The van der Waals surface area contributed by atoms with Gasteiger partial charge in [0.15, 0.2) is 0 Å². The third-order valence-corrected chi connectivity index (χ3v) is 2.06. The van der Waals surface area contributed by atoms with Gasteiger partial charge < -0.3 is 10.5 Å². The van der Waals surface area contributed by atoms with Crippen molar-refractivity contribution in [3.63, 3.8) is 0 Å². The maximum absolute atomic E-state index is 11.2. The first-order valence-corrected chi connectivity index (χ1v) is 4.46. The summed E-state index contributed by atoms with van der Waals surface area (Å²) >= 11 is 0. The Labute approximate surface area is 83.9 Å². The minimum absolute atomic E-state index is 0.407. The molecule has 0 aliphatic rings. The van der Waals surface area contributed by atoms with Crippen LogP contribution in [0, 0.1) is 13.8 Å².